The predicted octanol–water partition coefficient (Wildman–Crippen LogP) is 0.143. The highest BCUT2D eigenvalue weighted by atomic mass is 31.2. The molecule has 0 radical (unpaired) electrons. The molecule has 114 valence electrons. The Kier molecular flexibility index (Phi) is 5.38. The van der Waals surface area contributed by atoms with Gasteiger partial charge in [-0.1, -0.05) is 0 Å². The van der Waals surface area contributed by atoms with Gasteiger partial charge in [0.05, 0.1) is 0 Å². The summed E-state index contributed by atoms with van der Waals surface area (Å²) in [5.74, 6) is -0.831. The molecule has 0 bridgehead atoms. The van der Waals surface area contributed by atoms with Crippen LogP contribution in [-0.4, -0.2) is 36.3 Å². The van der Waals surface area contributed by atoms with Crippen LogP contribution in [0.2, 0.25) is 0 Å². The molecule has 0 atom stereocenters. The Balaban J connectivity index is 2.93. The van der Waals surface area contributed by atoms with Crippen LogP contribution in [0.5, 0.6) is 0 Å². The van der Waals surface area contributed by atoms with Crippen LogP contribution in [0.3, 0.4) is 0 Å². The Hall–Kier alpha value is 0.220. The first-order valence-electron chi connectivity index (χ1n) is 6.07. The molecule has 0 heterocycles. The molecule has 1 rings (SSSR count). The third kappa shape index (κ3) is 3.46. The molecular formula is C9H21NO7P2. The molecule has 10 heteroatoms. The lowest BCUT2D eigenvalue weighted by atomic mass is 9.80. The molecule has 0 aromatic rings. The second-order valence-corrected chi connectivity index (χ2v) is 8.96. The van der Waals surface area contributed by atoms with Gasteiger partial charge in [0.15, 0.2) is 0 Å². The average Bonchev–Trinajstić information content (AvgIpc) is 2.26. The smallest absolute Gasteiger partial charge is 0.367 e. The van der Waals surface area contributed by atoms with Gasteiger partial charge in [0.25, 0.3) is 5.08 Å². The average molecular weight is 317 g/mol. The van der Waals surface area contributed by atoms with Crippen molar-refractivity contribution in [2.75, 3.05) is 6.54 Å². The van der Waals surface area contributed by atoms with E-state index in [0.29, 0.717) is 19.4 Å². The van der Waals surface area contributed by atoms with E-state index in [-0.39, 0.29) is 18.8 Å². The van der Waals surface area contributed by atoms with Crippen molar-refractivity contribution < 1.29 is 33.8 Å². The third-order valence-electron chi connectivity index (χ3n) is 3.83. The van der Waals surface area contributed by atoms with Gasteiger partial charge in [0.2, 0.25) is 0 Å². The fourth-order valence-corrected chi connectivity index (χ4v) is 5.54. The van der Waals surface area contributed by atoms with Crippen LogP contribution in [0.25, 0.3) is 0 Å². The minimum Gasteiger partial charge on any atom is -0.367 e. The number of rotatable bonds is 5. The summed E-state index contributed by atoms with van der Waals surface area (Å²) in [4.78, 5) is 36.6. The molecule has 0 amide bonds. The first kappa shape index (κ1) is 17.3. The Morgan fingerprint density at radius 3 is 1.74 bits per heavy atom. The van der Waals surface area contributed by atoms with Gasteiger partial charge in [-0.15, -0.1) is 0 Å². The zero-order valence-corrected chi connectivity index (χ0v) is 12.2. The molecule has 1 aliphatic rings. The third-order valence-corrected chi connectivity index (χ3v) is 7.84. The first-order chi connectivity index (χ1) is 8.54. The van der Waals surface area contributed by atoms with E-state index in [1.165, 1.54) is 0 Å². The summed E-state index contributed by atoms with van der Waals surface area (Å²) in [5.41, 5.74) is 5.42. The van der Waals surface area contributed by atoms with Crippen molar-refractivity contribution in [1.82, 2.24) is 0 Å². The second kappa shape index (κ2) is 5.92. The van der Waals surface area contributed by atoms with Gasteiger partial charge in [-0.25, -0.2) is 0 Å². The van der Waals surface area contributed by atoms with Crippen molar-refractivity contribution in [2.24, 2.45) is 17.6 Å². The van der Waals surface area contributed by atoms with Gasteiger partial charge < -0.3 is 30.4 Å². The Morgan fingerprint density at radius 2 is 1.42 bits per heavy atom. The molecule has 0 aromatic carbocycles. The Morgan fingerprint density at radius 1 is 1.00 bits per heavy atom. The Bertz CT molecular complexity index is 373. The van der Waals surface area contributed by atoms with Crippen LogP contribution in [-0.2, 0) is 9.13 Å². The highest BCUT2D eigenvalue weighted by Crippen LogP contribution is 2.72. The maximum atomic E-state index is 11.3. The van der Waals surface area contributed by atoms with E-state index in [2.05, 4.69) is 0 Å². The minimum absolute atomic E-state index is 0.164. The highest BCUT2D eigenvalue weighted by Gasteiger charge is 2.63. The van der Waals surface area contributed by atoms with E-state index in [1.807, 2.05) is 0 Å². The summed E-state index contributed by atoms with van der Waals surface area (Å²) in [5, 5.41) is 6.70. The van der Waals surface area contributed by atoms with Crippen LogP contribution in [0.1, 0.15) is 32.1 Å². The summed E-state index contributed by atoms with van der Waals surface area (Å²) >= 11 is 0. The van der Waals surface area contributed by atoms with Crippen molar-refractivity contribution in [2.45, 2.75) is 37.2 Å². The molecule has 1 fully saturated rings. The van der Waals surface area contributed by atoms with Gasteiger partial charge in [-0.3, -0.25) is 9.13 Å². The topological polar surface area (TPSA) is 161 Å². The fourth-order valence-electron chi connectivity index (χ4n) is 2.72. The highest BCUT2D eigenvalue weighted by molar-refractivity contribution is 7.72. The van der Waals surface area contributed by atoms with Crippen molar-refractivity contribution in [3.63, 3.8) is 0 Å². The lowest BCUT2D eigenvalue weighted by molar-refractivity contribution is 0.0518. The summed E-state index contributed by atoms with van der Waals surface area (Å²) in [6, 6.07) is 0. The zero-order chi connectivity index (χ0) is 14.9. The number of aliphatic hydroxyl groups is 1. The number of hydrogen-bond acceptors (Lipinski definition) is 4. The van der Waals surface area contributed by atoms with Gasteiger partial charge >= 0.3 is 15.2 Å². The van der Waals surface area contributed by atoms with E-state index in [9.17, 15) is 14.2 Å². The summed E-state index contributed by atoms with van der Waals surface area (Å²) in [6.07, 6.45) is 2.18. The van der Waals surface area contributed by atoms with Gasteiger partial charge in [-0.2, -0.15) is 0 Å². The van der Waals surface area contributed by atoms with Gasteiger partial charge in [0.1, 0.15) is 0 Å². The molecular weight excluding hydrogens is 296 g/mol. The molecule has 1 aliphatic carbocycles. The van der Waals surface area contributed by atoms with E-state index in [0.717, 1.165) is 6.42 Å². The molecule has 0 spiro atoms. The normalized spacial score (nSPS) is 26.4. The summed E-state index contributed by atoms with van der Waals surface area (Å²) in [7, 11) is -10.7. The molecule has 19 heavy (non-hydrogen) atoms. The monoisotopic (exact) mass is 317 g/mol. The van der Waals surface area contributed by atoms with Gasteiger partial charge in [-0.05, 0) is 44.6 Å². The quantitative estimate of drug-likeness (QED) is 0.390. The van der Waals surface area contributed by atoms with Gasteiger partial charge in [0, 0.05) is 5.92 Å². The second-order valence-electron chi connectivity index (χ2n) is 5.07. The number of hydrogen-bond donors (Lipinski definition) is 6. The van der Waals surface area contributed by atoms with E-state index >= 15 is 0 Å². The standard InChI is InChI=1S/C9H21NO7P2/c10-6-5-7-1-3-8(4-2-7)9(11,18(12,13)14)19(15,16)17/h7-8,11H,1-6,10H2,(H2,12,13,14)(H2,15,16,17). The van der Waals surface area contributed by atoms with Crippen molar-refractivity contribution in [3.8, 4) is 0 Å². The lowest BCUT2D eigenvalue weighted by Gasteiger charge is -2.39. The lowest BCUT2D eigenvalue weighted by Crippen LogP contribution is -2.39. The van der Waals surface area contributed by atoms with Crippen LogP contribution >= 0.6 is 15.2 Å². The molecule has 0 aromatic heterocycles. The molecule has 1 saturated carbocycles. The molecule has 8 nitrogen and oxygen atoms in total. The molecule has 0 unspecified atom stereocenters. The van der Waals surface area contributed by atoms with Crippen LogP contribution in [0.4, 0.5) is 0 Å². The SMILES string of the molecule is NCCC1CCC(C(O)(P(=O)(O)O)P(=O)(O)O)CC1. The minimum atomic E-state index is -5.35. The molecule has 0 aliphatic heterocycles. The van der Waals surface area contributed by atoms with Crippen LogP contribution in [0.15, 0.2) is 0 Å². The summed E-state index contributed by atoms with van der Waals surface area (Å²) in [6.45, 7) is 0.497. The fraction of sp³-hybridized carbons (Fsp3) is 1.00. The van der Waals surface area contributed by atoms with E-state index in [4.69, 9.17) is 25.3 Å². The molecule has 0 saturated heterocycles. The van der Waals surface area contributed by atoms with Crippen LogP contribution < -0.4 is 5.73 Å². The zero-order valence-electron chi connectivity index (χ0n) is 10.4. The van der Waals surface area contributed by atoms with E-state index in [1.54, 1.807) is 0 Å². The maximum absolute atomic E-state index is 11.3. The van der Waals surface area contributed by atoms with Crippen molar-refractivity contribution >= 4 is 15.2 Å². The first-order valence-corrected chi connectivity index (χ1v) is 9.30. The summed E-state index contributed by atoms with van der Waals surface area (Å²) < 4.78 is 22.7. The largest absolute Gasteiger partial charge is 0.369 e. The number of nitrogens with two attached hydrogens (primary N) is 1. The molecule has 7 N–H and O–H groups in total. The predicted molar refractivity (Wildman–Crippen MR) is 68.2 cm³/mol. The van der Waals surface area contributed by atoms with Crippen molar-refractivity contribution in [1.29, 1.82) is 0 Å². The maximum Gasteiger partial charge on any atom is 0.369 e. The Labute approximate surface area is 111 Å². The van der Waals surface area contributed by atoms with Crippen molar-refractivity contribution in [3.05, 3.63) is 0 Å². The van der Waals surface area contributed by atoms with E-state index < -0.39 is 26.2 Å². The van der Waals surface area contributed by atoms with Crippen LogP contribution in [0, 0.1) is 11.8 Å².